The van der Waals surface area contributed by atoms with E-state index in [1.807, 2.05) is 12.1 Å². The number of aliphatic hydroxyl groups excluding tert-OH is 1. The molecule has 116 valence electrons. The predicted molar refractivity (Wildman–Crippen MR) is 86.3 cm³/mol. The molecular weight excluding hydrogens is 302 g/mol. The van der Waals surface area contributed by atoms with Crippen molar-refractivity contribution in [3.05, 3.63) is 64.7 Å². The summed E-state index contributed by atoms with van der Waals surface area (Å²) < 4.78 is 0. The Hall–Kier alpha value is -1.88. The molecule has 22 heavy (non-hydrogen) atoms. The molecule has 0 fully saturated rings. The maximum absolute atomic E-state index is 11.9. The molecule has 0 spiro atoms. The average Bonchev–Trinajstić information content (AvgIpc) is 2.52. The highest BCUT2D eigenvalue weighted by molar-refractivity contribution is 6.31. The number of Topliss-reactive ketones (excluding diaryl/α,β-unsaturated/α-hetero) is 1. The molecule has 0 amide bonds. The first kappa shape index (κ1) is 16.5. The summed E-state index contributed by atoms with van der Waals surface area (Å²) >= 11 is 6.01. The number of hydrogen-bond donors (Lipinski definition) is 3. The lowest BCUT2D eigenvalue weighted by Crippen LogP contribution is -2.24. The van der Waals surface area contributed by atoms with Gasteiger partial charge in [-0.3, -0.25) is 4.79 Å². The highest BCUT2D eigenvalue weighted by atomic mass is 35.5. The van der Waals surface area contributed by atoms with Gasteiger partial charge in [-0.25, -0.2) is 0 Å². The second kappa shape index (κ2) is 7.94. The van der Waals surface area contributed by atoms with E-state index in [0.717, 1.165) is 0 Å². The van der Waals surface area contributed by atoms with Crippen LogP contribution in [-0.2, 0) is 0 Å². The molecular formula is C17H18ClNO3. The SMILES string of the molecule is O=C(CCNCC(O)c1ccccc1Cl)c1ccc(O)cc1. The standard InChI is InChI=1S/C17H18ClNO3/c18-15-4-2-1-3-14(15)17(22)11-19-10-9-16(21)12-5-7-13(20)8-6-12/h1-8,17,19-20,22H,9-11H2. The number of phenolic OH excluding ortho intramolecular Hbond substituents is 1. The van der Waals surface area contributed by atoms with E-state index in [2.05, 4.69) is 5.32 Å². The molecule has 0 bridgehead atoms. The van der Waals surface area contributed by atoms with Crippen LogP contribution in [0.5, 0.6) is 5.75 Å². The molecule has 2 aromatic carbocycles. The van der Waals surface area contributed by atoms with Gasteiger partial charge in [0.2, 0.25) is 0 Å². The molecule has 2 rings (SSSR count). The number of phenols is 1. The second-order valence-electron chi connectivity index (χ2n) is 4.96. The lowest BCUT2D eigenvalue weighted by atomic mass is 10.1. The van der Waals surface area contributed by atoms with Crippen LogP contribution in [0, 0.1) is 0 Å². The van der Waals surface area contributed by atoms with Gasteiger partial charge in [0.25, 0.3) is 0 Å². The van der Waals surface area contributed by atoms with Gasteiger partial charge in [0.05, 0.1) is 6.10 Å². The van der Waals surface area contributed by atoms with Crippen LogP contribution < -0.4 is 5.32 Å². The van der Waals surface area contributed by atoms with E-state index < -0.39 is 6.10 Å². The number of hydrogen-bond acceptors (Lipinski definition) is 4. The van der Waals surface area contributed by atoms with E-state index >= 15 is 0 Å². The molecule has 0 saturated carbocycles. The van der Waals surface area contributed by atoms with Crippen molar-refractivity contribution in [3.63, 3.8) is 0 Å². The summed E-state index contributed by atoms with van der Waals surface area (Å²) in [4.78, 5) is 11.9. The number of carbonyl (C=O) groups is 1. The predicted octanol–water partition coefficient (Wildman–Crippen LogP) is 2.94. The number of aromatic hydroxyl groups is 1. The number of aliphatic hydroxyl groups is 1. The molecule has 0 aliphatic rings. The summed E-state index contributed by atoms with van der Waals surface area (Å²) in [5.74, 6) is 0.122. The molecule has 5 heteroatoms. The molecule has 0 saturated heterocycles. The van der Waals surface area contributed by atoms with E-state index in [1.165, 1.54) is 12.1 Å². The smallest absolute Gasteiger partial charge is 0.164 e. The Morgan fingerprint density at radius 1 is 1.14 bits per heavy atom. The second-order valence-corrected chi connectivity index (χ2v) is 5.37. The fourth-order valence-electron chi connectivity index (χ4n) is 2.09. The van der Waals surface area contributed by atoms with Crippen molar-refractivity contribution in [2.75, 3.05) is 13.1 Å². The number of nitrogens with one attached hydrogen (secondary N) is 1. The number of benzene rings is 2. The van der Waals surface area contributed by atoms with Crippen molar-refractivity contribution in [2.45, 2.75) is 12.5 Å². The molecule has 0 aromatic heterocycles. The Morgan fingerprint density at radius 3 is 2.50 bits per heavy atom. The van der Waals surface area contributed by atoms with Crippen molar-refractivity contribution in [1.29, 1.82) is 0 Å². The zero-order valence-corrected chi connectivity index (χ0v) is 12.8. The molecule has 4 nitrogen and oxygen atoms in total. The Morgan fingerprint density at radius 2 is 1.82 bits per heavy atom. The zero-order chi connectivity index (χ0) is 15.9. The molecule has 0 aliphatic carbocycles. The normalized spacial score (nSPS) is 12.1. The summed E-state index contributed by atoms with van der Waals surface area (Å²) in [7, 11) is 0. The van der Waals surface area contributed by atoms with Crippen molar-refractivity contribution in [1.82, 2.24) is 5.32 Å². The highest BCUT2D eigenvalue weighted by Gasteiger charge is 2.11. The van der Waals surface area contributed by atoms with Crippen LogP contribution in [0.15, 0.2) is 48.5 Å². The molecule has 1 atom stereocenters. The van der Waals surface area contributed by atoms with Crippen LogP contribution in [0.25, 0.3) is 0 Å². The topological polar surface area (TPSA) is 69.6 Å². The molecule has 0 heterocycles. The number of ketones is 1. The first-order valence-electron chi connectivity index (χ1n) is 7.03. The Balaban J connectivity index is 1.76. The lowest BCUT2D eigenvalue weighted by molar-refractivity contribution is 0.0979. The summed E-state index contributed by atoms with van der Waals surface area (Å²) in [5, 5.41) is 22.8. The van der Waals surface area contributed by atoms with Gasteiger partial charge in [0.1, 0.15) is 5.75 Å². The third kappa shape index (κ3) is 4.56. The van der Waals surface area contributed by atoms with Crippen LogP contribution in [0.1, 0.15) is 28.4 Å². The third-order valence-electron chi connectivity index (χ3n) is 3.32. The molecule has 3 N–H and O–H groups in total. The zero-order valence-electron chi connectivity index (χ0n) is 12.0. The molecule has 0 aliphatic heterocycles. The van der Waals surface area contributed by atoms with Crippen molar-refractivity contribution < 1.29 is 15.0 Å². The van der Waals surface area contributed by atoms with Gasteiger partial charge in [-0.2, -0.15) is 0 Å². The first-order chi connectivity index (χ1) is 10.6. The van der Waals surface area contributed by atoms with Crippen LogP contribution in [0.4, 0.5) is 0 Å². The fourth-order valence-corrected chi connectivity index (χ4v) is 2.35. The quantitative estimate of drug-likeness (QED) is 0.542. The van der Waals surface area contributed by atoms with Crippen LogP contribution in [0.3, 0.4) is 0 Å². The Bertz CT molecular complexity index is 628. The lowest BCUT2D eigenvalue weighted by Gasteiger charge is -2.13. The van der Waals surface area contributed by atoms with E-state index in [0.29, 0.717) is 35.7 Å². The van der Waals surface area contributed by atoms with Crippen molar-refractivity contribution in [2.24, 2.45) is 0 Å². The monoisotopic (exact) mass is 319 g/mol. The van der Waals surface area contributed by atoms with Gasteiger partial charge in [-0.05, 0) is 30.3 Å². The molecule has 0 radical (unpaired) electrons. The first-order valence-corrected chi connectivity index (χ1v) is 7.41. The molecule has 2 aromatic rings. The van der Waals surface area contributed by atoms with Crippen LogP contribution in [0.2, 0.25) is 5.02 Å². The van der Waals surface area contributed by atoms with Crippen molar-refractivity contribution >= 4 is 17.4 Å². The fraction of sp³-hybridized carbons (Fsp3) is 0.235. The summed E-state index contributed by atoms with van der Waals surface area (Å²) in [5.41, 5.74) is 1.23. The van der Waals surface area contributed by atoms with Gasteiger partial charge < -0.3 is 15.5 Å². The van der Waals surface area contributed by atoms with E-state index in [1.54, 1.807) is 24.3 Å². The minimum Gasteiger partial charge on any atom is -0.508 e. The van der Waals surface area contributed by atoms with Gasteiger partial charge >= 0.3 is 0 Å². The highest BCUT2D eigenvalue weighted by Crippen LogP contribution is 2.21. The van der Waals surface area contributed by atoms with Crippen molar-refractivity contribution in [3.8, 4) is 5.75 Å². The van der Waals surface area contributed by atoms with E-state index in [9.17, 15) is 15.0 Å². The summed E-state index contributed by atoms with van der Waals surface area (Å²) in [6.07, 6.45) is -0.391. The number of carbonyl (C=O) groups excluding carboxylic acids is 1. The third-order valence-corrected chi connectivity index (χ3v) is 3.66. The van der Waals surface area contributed by atoms with E-state index in [4.69, 9.17) is 11.6 Å². The largest absolute Gasteiger partial charge is 0.508 e. The summed E-state index contributed by atoms with van der Waals surface area (Å²) in [6, 6.07) is 13.3. The minimum absolute atomic E-state index is 0.0141. The van der Waals surface area contributed by atoms with Gasteiger partial charge in [0.15, 0.2) is 5.78 Å². The van der Waals surface area contributed by atoms with E-state index in [-0.39, 0.29) is 11.5 Å². The maximum Gasteiger partial charge on any atom is 0.164 e. The Kier molecular flexibility index (Phi) is 5.95. The van der Waals surface area contributed by atoms with Gasteiger partial charge in [-0.1, -0.05) is 29.8 Å². The van der Waals surface area contributed by atoms with Crippen LogP contribution in [-0.4, -0.2) is 29.1 Å². The average molecular weight is 320 g/mol. The summed E-state index contributed by atoms with van der Waals surface area (Å²) in [6.45, 7) is 0.786. The van der Waals surface area contributed by atoms with Gasteiger partial charge in [0, 0.05) is 35.7 Å². The Labute approximate surface area is 134 Å². The minimum atomic E-state index is -0.711. The number of halogens is 1. The number of rotatable bonds is 7. The van der Waals surface area contributed by atoms with Gasteiger partial charge in [-0.15, -0.1) is 0 Å². The molecule has 1 unspecified atom stereocenters. The maximum atomic E-state index is 11.9. The van der Waals surface area contributed by atoms with Crippen LogP contribution >= 0.6 is 11.6 Å².